The van der Waals surface area contributed by atoms with Gasteiger partial charge in [-0.15, -0.1) is 11.6 Å². The Labute approximate surface area is 109 Å². The van der Waals surface area contributed by atoms with E-state index in [1.165, 1.54) is 13.2 Å². The number of esters is 1. The smallest absolute Gasteiger partial charge is 0.325 e. The van der Waals surface area contributed by atoms with Crippen molar-refractivity contribution < 1.29 is 18.7 Å². The van der Waals surface area contributed by atoms with E-state index in [4.69, 9.17) is 11.6 Å². The topological polar surface area (TPSA) is 55.4 Å². The number of rotatable bonds is 4. The van der Waals surface area contributed by atoms with Crippen molar-refractivity contribution in [2.75, 3.05) is 13.7 Å². The Hall–Kier alpha value is -1.62. The van der Waals surface area contributed by atoms with Crippen LogP contribution in [0.15, 0.2) is 18.2 Å². The molecule has 0 bridgehead atoms. The highest BCUT2D eigenvalue weighted by Crippen LogP contribution is 2.08. The summed E-state index contributed by atoms with van der Waals surface area (Å²) in [6.45, 7) is 1.60. The van der Waals surface area contributed by atoms with Gasteiger partial charge >= 0.3 is 5.97 Å². The first-order valence-corrected chi connectivity index (χ1v) is 5.65. The maximum Gasteiger partial charge on any atom is 0.325 e. The third-order valence-electron chi connectivity index (χ3n) is 2.20. The second-order valence-electron chi connectivity index (χ2n) is 3.72. The molecule has 0 aliphatic rings. The van der Waals surface area contributed by atoms with Crippen LogP contribution < -0.4 is 5.32 Å². The molecule has 18 heavy (non-hydrogen) atoms. The fourth-order valence-electron chi connectivity index (χ4n) is 1.36. The number of nitrogens with one attached hydrogen (secondary N) is 1. The second-order valence-corrected chi connectivity index (χ2v) is 4.24. The van der Waals surface area contributed by atoms with Gasteiger partial charge in [0, 0.05) is 12.1 Å². The molecule has 98 valence electrons. The van der Waals surface area contributed by atoms with E-state index in [-0.39, 0.29) is 12.1 Å². The van der Waals surface area contributed by atoms with Crippen molar-refractivity contribution in [1.82, 2.24) is 5.32 Å². The summed E-state index contributed by atoms with van der Waals surface area (Å²) in [5.74, 6) is -1.62. The first-order valence-electron chi connectivity index (χ1n) is 5.21. The van der Waals surface area contributed by atoms with E-state index in [9.17, 15) is 14.0 Å². The predicted molar refractivity (Wildman–Crippen MR) is 65.1 cm³/mol. The van der Waals surface area contributed by atoms with Crippen LogP contribution in [0.4, 0.5) is 4.39 Å². The molecule has 0 aliphatic carbocycles. The number of carbonyl (C=O) groups excluding carboxylic acids is 2. The molecule has 1 aromatic rings. The van der Waals surface area contributed by atoms with Crippen molar-refractivity contribution in [1.29, 1.82) is 0 Å². The molecule has 0 spiro atoms. The number of ether oxygens (including phenoxy) is 1. The Morgan fingerprint density at radius 3 is 2.67 bits per heavy atom. The highest BCUT2D eigenvalue weighted by molar-refractivity contribution is 6.30. The minimum absolute atomic E-state index is 0.0807. The van der Waals surface area contributed by atoms with Crippen molar-refractivity contribution in [2.24, 2.45) is 0 Å². The zero-order chi connectivity index (χ0) is 13.7. The van der Waals surface area contributed by atoms with Gasteiger partial charge in [0.1, 0.15) is 11.2 Å². The van der Waals surface area contributed by atoms with Gasteiger partial charge < -0.3 is 10.1 Å². The first kappa shape index (κ1) is 14.4. The molecule has 1 N–H and O–H groups in total. The normalized spacial score (nSPS) is 11.8. The van der Waals surface area contributed by atoms with Crippen LogP contribution in [0.1, 0.15) is 15.9 Å². The Bertz CT molecular complexity index is 444. The highest BCUT2D eigenvalue weighted by Gasteiger charge is 2.17. The minimum atomic E-state index is -0.964. The summed E-state index contributed by atoms with van der Waals surface area (Å²) in [6.07, 6.45) is 0. The molecular formula is C12H13ClFNO3. The average molecular weight is 274 g/mol. The highest BCUT2D eigenvalue weighted by atomic mass is 35.5. The molecule has 0 saturated carbocycles. The van der Waals surface area contributed by atoms with Crippen molar-refractivity contribution in [3.63, 3.8) is 0 Å². The third-order valence-corrected chi connectivity index (χ3v) is 2.54. The Balaban J connectivity index is 2.63. The zero-order valence-corrected chi connectivity index (χ0v) is 10.8. The summed E-state index contributed by atoms with van der Waals surface area (Å²) in [6, 6.07) is 3.97. The van der Waals surface area contributed by atoms with E-state index in [0.717, 1.165) is 6.07 Å². The molecule has 0 fully saturated rings. The molecule has 1 amide bonds. The van der Waals surface area contributed by atoms with Crippen LogP contribution in [0.2, 0.25) is 0 Å². The summed E-state index contributed by atoms with van der Waals surface area (Å²) in [5, 5.41) is 1.47. The molecule has 1 atom stereocenters. The minimum Gasteiger partial charge on any atom is -0.468 e. The molecule has 1 unspecified atom stereocenters. The molecule has 1 rings (SSSR count). The lowest BCUT2D eigenvalue weighted by molar-refractivity contribution is -0.140. The van der Waals surface area contributed by atoms with Gasteiger partial charge in [0.2, 0.25) is 0 Å². The molecule has 1 aromatic carbocycles. The number of halogens is 2. The third kappa shape index (κ3) is 4.00. The monoisotopic (exact) mass is 273 g/mol. The molecule has 0 aromatic heterocycles. The van der Waals surface area contributed by atoms with E-state index < -0.39 is 23.1 Å². The second kappa shape index (κ2) is 6.35. The summed E-state index contributed by atoms with van der Waals surface area (Å²) < 4.78 is 17.5. The molecule has 0 heterocycles. The van der Waals surface area contributed by atoms with E-state index in [1.807, 2.05) is 0 Å². The Morgan fingerprint density at radius 1 is 1.44 bits per heavy atom. The summed E-state index contributed by atoms with van der Waals surface area (Å²) >= 11 is 5.66. The van der Waals surface area contributed by atoms with E-state index in [1.54, 1.807) is 13.0 Å². The van der Waals surface area contributed by atoms with Crippen LogP contribution >= 0.6 is 11.6 Å². The standard InChI is InChI=1S/C12H13ClFNO3/c1-7-3-8(5-9(14)4-7)11(16)15-6-10(13)12(17)18-2/h3-5,10H,6H2,1-2H3,(H,15,16). The maximum absolute atomic E-state index is 13.1. The van der Waals surface area contributed by atoms with Gasteiger partial charge in [-0.05, 0) is 30.7 Å². The first-order chi connectivity index (χ1) is 8.43. The number of methoxy groups -OCH3 is 1. The van der Waals surface area contributed by atoms with Gasteiger partial charge in [0.25, 0.3) is 5.91 Å². The van der Waals surface area contributed by atoms with Crippen LogP contribution in [0.5, 0.6) is 0 Å². The molecule has 0 saturated heterocycles. The van der Waals surface area contributed by atoms with E-state index >= 15 is 0 Å². The zero-order valence-electron chi connectivity index (χ0n) is 10.00. The summed E-state index contributed by atoms with van der Waals surface area (Å²) in [5.41, 5.74) is 0.816. The lowest BCUT2D eigenvalue weighted by atomic mass is 10.1. The number of alkyl halides is 1. The van der Waals surface area contributed by atoms with Gasteiger partial charge in [0.15, 0.2) is 0 Å². The fourth-order valence-corrected chi connectivity index (χ4v) is 1.53. The average Bonchev–Trinajstić information content (AvgIpc) is 2.33. The molecule has 0 aliphatic heterocycles. The largest absolute Gasteiger partial charge is 0.468 e. The van der Waals surface area contributed by atoms with Crippen LogP contribution in [-0.2, 0) is 9.53 Å². The number of aryl methyl sites for hydroxylation is 1. The van der Waals surface area contributed by atoms with Gasteiger partial charge in [-0.25, -0.2) is 4.39 Å². The maximum atomic E-state index is 13.1. The van der Waals surface area contributed by atoms with Gasteiger partial charge in [-0.2, -0.15) is 0 Å². The quantitative estimate of drug-likeness (QED) is 0.670. The van der Waals surface area contributed by atoms with Crippen LogP contribution in [0.3, 0.4) is 0 Å². The van der Waals surface area contributed by atoms with Crippen molar-refractivity contribution in [3.8, 4) is 0 Å². The van der Waals surface area contributed by atoms with Crippen LogP contribution in [-0.4, -0.2) is 30.9 Å². The SMILES string of the molecule is COC(=O)C(Cl)CNC(=O)c1cc(C)cc(F)c1. The lowest BCUT2D eigenvalue weighted by Gasteiger charge is -2.09. The summed E-state index contributed by atoms with van der Waals surface area (Å²) in [7, 11) is 1.20. The van der Waals surface area contributed by atoms with Crippen LogP contribution in [0.25, 0.3) is 0 Å². The predicted octanol–water partition coefficient (Wildman–Crippen LogP) is 1.64. The van der Waals surface area contributed by atoms with Crippen molar-refractivity contribution >= 4 is 23.5 Å². The number of benzene rings is 1. The van der Waals surface area contributed by atoms with Crippen molar-refractivity contribution in [3.05, 3.63) is 35.1 Å². The molecular weight excluding hydrogens is 261 g/mol. The fraction of sp³-hybridized carbons (Fsp3) is 0.333. The number of hydrogen-bond donors (Lipinski definition) is 1. The lowest BCUT2D eigenvalue weighted by Crippen LogP contribution is -2.34. The number of hydrogen-bond acceptors (Lipinski definition) is 3. The van der Waals surface area contributed by atoms with E-state index in [0.29, 0.717) is 5.56 Å². The van der Waals surface area contributed by atoms with Crippen molar-refractivity contribution in [2.45, 2.75) is 12.3 Å². The van der Waals surface area contributed by atoms with Crippen LogP contribution in [0, 0.1) is 12.7 Å². The van der Waals surface area contributed by atoms with Gasteiger partial charge in [-0.3, -0.25) is 9.59 Å². The Morgan fingerprint density at radius 2 is 2.11 bits per heavy atom. The summed E-state index contributed by atoms with van der Waals surface area (Å²) in [4.78, 5) is 22.7. The number of amides is 1. The Kier molecular flexibility index (Phi) is 5.09. The van der Waals surface area contributed by atoms with Gasteiger partial charge in [0.05, 0.1) is 7.11 Å². The molecule has 6 heteroatoms. The molecule has 0 radical (unpaired) electrons. The van der Waals surface area contributed by atoms with E-state index in [2.05, 4.69) is 10.1 Å². The number of carbonyl (C=O) groups is 2. The van der Waals surface area contributed by atoms with Gasteiger partial charge in [-0.1, -0.05) is 0 Å². The molecule has 4 nitrogen and oxygen atoms in total.